The molecule has 0 spiro atoms. The fourth-order valence-electron chi connectivity index (χ4n) is 1.68. The first-order chi connectivity index (χ1) is 8.89. The van der Waals surface area contributed by atoms with E-state index in [1.807, 2.05) is 0 Å². The van der Waals surface area contributed by atoms with Crippen molar-refractivity contribution in [3.63, 3.8) is 0 Å². The number of morpholine rings is 1. The largest absolute Gasteiger partial charge is 0.389 e. The summed E-state index contributed by atoms with van der Waals surface area (Å²) in [4.78, 5) is 2.19. The van der Waals surface area contributed by atoms with Gasteiger partial charge in [0.2, 0.25) is 0 Å². The summed E-state index contributed by atoms with van der Waals surface area (Å²) in [6, 6.07) is 0. The fourth-order valence-corrected chi connectivity index (χ4v) is 2.04. The number of hydrogen-bond acceptors (Lipinski definition) is 6. The van der Waals surface area contributed by atoms with Gasteiger partial charge in [0.05, 0.1) is 32.5 Å². The Balaban J connectivity index is 2.08. The van der Waals surface area contributed by atoms with Crippen LogP contribution in [0, 0.1) is 0 Å². The van der Waals surface area contributed by atoms with Crippen LogP contribution >= 0.6 is 0 Å². The molecule has 1 atom stereocenters. The molecule has 1 heterocycles. The molecule has 1 aliphatic rings. The molecule has 1 aliphatic heterocycles. The summed E-state index contributed by atoms with van der Waals surface area (Å²) in [6.07, 6.45) is -0.961. The average Bonchev–Trinajstić information content (AvgIpc) is 2.35. The molecule has 8 nitrogen and oxygen atoms in total. The van der Waals surface area contributed by atoms with Crippen molar-refractivity contribution in [2.24, 2.45) is 0 Å². The van der Waals surface area contributed by atoms with Gasteiger partial charge in [-0.25, -0.2) is 0 Å². The van der Waals surface area contributed by atoms with E-state index in [2.05, 4.69) is 4.90 Å². The summed E-state index contributed by atoms with van der Waals surface area (Å²) in [5, 5.41) is 9.54. The highest BCUT2D eigenvalue weighted by Crippen LogP contribution is 1.98. The molecule has 0 aromatic carbocycles. The minimum Gasteiger partial charge on any atom is -0.389 e. The molecule has 0 saturated carbocycles. The third-order valence-electron chi connectivity index (χ3n) is 2.83. The number of nitrogens with zero attached hydrogens (tertiary/aromatic N) is 2. The summed E-state index contributed by atoms with van der Waals surface area (Å²) >= 11 is 0. The molecule has 114 valence electrons. The smallest absolute Gasteiger partial charge is 0.335 e. The maximum absolute atomic E-state index is 10.7. The van der Waals surface area contributed by atoms with E-state index in [9.17, 15) is 13.5 Å². The molecule has 0 bridgehead atoms. The zero-order valence-corrected chi connectivity index (χ0v) is 11.9. The quantitative estimate of drug-likeness (QED) is 0.412. The molecule has 2 N–H and O–H groups in total. The molecule has 9 heteroatoms. The normalized spacial score (nSPS) is 19.8. The van der Waals surface area contributed by atoms with Gasteiger partial charge in [0, 0.05) is 33.2 Å². The summed E-state index contributed by atoms with van der Waals surface area (Å²) < 4.78 is 41.3. The van der Waals surface area contributed by atoms with Crippen molar-refractivity contribution in [3.8, 4) is 0 Å². The van der Waals surface area contributed by atoms with Crippen LogP contribution in [0.15, 0.2) is 0 Å². The highest BCUT2D eigenvalue weighted by molar-refractivity contribution is 7.83. The van der Waals surface area contributed by atoms with Crippen molar-refractivity contribution >= 4 is 10.3 Å². The first-order valence-electron chi connectivity index (χ1n) is 6.14. The van der Waals surface area contributed by atoms with E-state index in [1.165, 1.54) is 7.05 Å². The Morgan fingerprint density at radius 3 is 2.63 bits per heavy atom. The number of aliphatic hydroxyl groups is 1. The van der Waals surface area contributed by atoms with Crippen LogP contribution in [0.1, 0.15) is 0 Å². The Bertz CT molecular complexity index is 344. The molecule has 0 amide bonds. The van der Waals surface area contributed by atoms with E-state index >= 15 is 0 Å². The van der Waals surface area contributed by atoms with Crippen molar-refractivity contribution in [2.75, 3.05) is 59.7 Å². The summed E-state index contributed by atoms with van der Waals surface area (Å²) in [7, 11) is -3.06. The lowest BCUT2D eigenvalue weighted by Gasteiger charge is -2.26. The second-order valence-electron chi connectivity index (χ2n) is 4.44. The molecule has 0 unspecified atom stereocenters. The molecule has 1 fully saturated rings. The van der Waals surface area contributed by atoms with E-state index in [-0.39, 0.29) is 13.2 Å². The predicted molar refractivity (Wildman–Crippen MR) is 68.3 cm³/mol. The van der Waals surface area contributed by atoms with E-state index in [0.29, 0.717) is 10.9 Å². The van der Waals surface area contributed by atoms with Gasteiger partial charge in [-0.15, -0.1) is 0 Å². The third-order valence-corrected chi connectivity index (χ3v) is 3.76. The van der Waals surface area contributed by atoms with Crippen LogP contribution in [-0.4, -0.2) is 93.0 Å². The lowest BCUT2D eigenvalue weighted by atomic mass is 10.4. The minimum atomic E-state index is -4.25. The highest BCUT2D eigenvalue weighted by Gasteiger charge is 2.17. The van der Waals surface area contributed by atoms with Crippen molar-refractivity contribution in [1.29, 1.82) is 0 Å². The maximum atomic E-state index is 10.7. The lowest BCUT2D eigenvalue weighted by molar-refractivity contribution is -0.00138. The van der Waals surface area contributed by atoms with Gasteiger partial charge in [0.25, 0.3) is 0 Å². The number of hydrogen-bond donors (Lipinski definition) is 2. The van der Waals surface area contributed by atoms with Crippen molar-refractivity contribution in [1.82, 2.24) is 9.21 Å². The highest BCUT2D eigenvalue weighted by atomic mass is 32.2. The van der Waals surface area contributed by atoms with Crippen molar-refractivity contribution in [2.45, 2.75) is 6.10 Å². The number of likely N-dealkylation sites (N-methyl/N-ethyl adjacent to an activating group) is 1. The van der Waals surface area contributed by atoms with E-state index < -0.39 is 16.4 Å². The molecule has 0 aromatic rings. The molecule has 19 heavy (non-hydrogen) atoms. The molecular formula is C10H22N2O6S. The van der Waals surface area contributed by atoms with Crippen LogP contribution in [0.2, 0.25) is 0 Å². The van der Waals surface area contributed by atoms with E-state index in [1.54, 1.807) is 0 Å². The molecule has 1 rings (SSSR count). The average molecular weight is 298 g/mol. The van der Waals surface area contributed by atoms with E-state index in [4.69, 9.17) is 14.0 Å². The Labute approximate surface area is 113 Å². The monoisotopic (exact) mass is 298 g/mol. The zero-order chi connectivity index (χ0) is 14.3. The maximum Gasteiger partial charge on any atom is 0.335 e. The van der Waals surface area contributed by atoms with Crippen LogP contribution in [0.5, 0.6) is 0 Å². The zero-order valence-electron chi connectivity index (χ0n) is 11.1. The van der Waals surface area contributed by atoms with E-state index in [0.717, 1.165) is 32.8 Å². The third kappa shape index (κ3) is 7.16. The summed E-state index contributed by atoms with van der Waals surface area (Å²) in [6.45, 7) is 4.25. The van der Waals surface area contributed by atoms with Gasteiger partial charge < -0.3 is 14.6 Å². The second-order valence-corrected chi connectivity index (χ2v) is 5.96. The lowest BCUT2D eigenvalue weighted by Crippen LogP contribution is -2.39. The van der Waals surface area contributed by atoms with Crippen LogP contribution in [0.25, 0.3) is 0 Å². The number of aliphatic hydroxyl groups excluding tert-OH is 1. The van der Waals surface area contributed by atoms with Crippen LogP contribution in [-0.2, 0) is 19.8 Å². The van der Waals surface area contributed by atoms with Gasteiger partial charge in [-0.2, -0.15) is 12.7 Å². The van der Waals surface area contributed by atoms with Gasteiger partial charge in [-0.05, 0) is 0 Å². The van der Waals surface area contributed by atoms with Gasteiger partial charge in [-0.3, -0.25) is 9.45 Å². The number of rotatable bonds is 8. The molecule has 1 saturated heterocycles. The predicted octanol–water partition coefficient (Wildman–Crippen LogP) is -1.57. The molecule has 0 radical (unpaired) electrons. The van der Waals surface area contributed by atoms with Crippen molar-refractivity contribution in [3.05, 3.63) is 0 Å². The first-order valence-corrected chi connectivity index (χ1v) is 7.54. The van der Waals surface area contributed by atoms with Gasteiger partial charge in [-0.1, -0.05) is 0 Å². The standard InChI is InChI=1S/C10H22N2O6S/c1-11(19(14,15)16)8-10(13)9-18-7-4-12-2-5-17-6-3-12/h10,13H,2-9H2,1H3,(H,14,15,16)/t10-/m1/s1. The van der Waals surface area contributed by atoms with Gasteiger partial charge in [0.15, 0.2) is 0 Å². The van der Waals surface area contributed by atoms with Crippen LogP contribution in [0.3, 0.4) is 0 Å². The SMILES string of the molecule is CN(C[C@@H](O)COCCN1CCOCC1)S(=O)(=O)O. The molecule has 0 aromatic heterocycles. The Hall–Kier alpha value is -0.290. The second kappa shape index (κ2) is 8.10. The number of ether oxygens (including phenoxy) is 2. The van der Waals surface area contributed by atoms with Gasteiger partial charge >= 0.3 is 10.3 Å². The van der Waals surface area contributed by atoms with Crippen LogP contribution in [0.4, 0.5) is 0 Å². The Morgan fingerprint density at radius 1 is 1.42 bits per heavy atom. The summed E-state index contributed by atoms with van der Waals surface area (Å²) in [5.41, 5.74) is 0. The van der Waals surface area contributed by atoms with Crippen molar-refractivity contribution < 1.29 is 27.6 Å². The minimum absolute atomic E-state index is 0.0319. The van der Waals surface area contributed by atoms with Crippen LogP contribution < -0.4 is 0 Å². The molecule has 0 aliphatic carbocycles. The summed E-state index contributed by atoms with van der Waals surface area (Å²) in [5.74, 6) is 0. The fraction of sp³-hybridized carbons (Fsp3) is 1.00. The topological polar surface area (TPSA) is 99.5 Å². The molecular weight excluding hydrogens is 276 g/mol. The Morgan fingerprint density at radius 2 is 2.05 bits per heavy atom. The Kier molecular flexibility index (Phi) is 7.15. The first kappa shape index (κ1) is 16.8. The van der Waals surface area contributed by atoms with Gasteiger partial charge in [0.1, 0.15) is 0 Å².